The van der Waals surface area contributed by atoms with Gasteiger partial charge >= 0.3 is 0 Å². The Morgan fingerprint density at radius 2 is 1.15 bits per heavy atom. The first-order chi connectivity index (χ1) is 26.2. The standard InChI is InChI=1S/C24H23NO3.C23H21NO2/c1-15(2)5-9-21-24(20-10-6-16(3)27-20)19-8-7-17(13-22(19)28-21)18-11-12-25-23(14-18)26-4;1-15(2)6-10-21-23(20-11-7-16(3)25-20)19-9-8-17(13-22(19)26-21)18-5-4-12-24-14-18/h6-8,10-14H,1,5,9H2,2-4H3;4-5,7-9,11-14H,1,6,10H2,2-3H3. The van der Waals surface area contributed by atoms with Crippen molar-refractivity contribution in [3.05, 3.63) is 151 Å². The van der Waals surface area contributed by atoms with E-state index in [0.29, 0.717) is 5.88 Å². The highest BCUT2D eigenvalue weighted by molar-refractivity contribution is 5.97. The predicted octanol–water partition coefficient (Wildman–Crippen LogP) is 13.2. The molecule has 0 fully saturated rings. The summed E-state index contributed by atoms with van der Waals surface area (Å²) >= 11 is 0. The Balaban J connectivity index is 0.000000167. The number of benzene rings is 2. The molecule has 0 spiro atoms. The van der Waals surface area contributed by atoms with E-state index in [4.69, 9.17) is 22.4 Å². The summed E-state index contributed by atoms with van der Waals surface area (Å²) in [7, 11) is 1.62. The number of hydrogen-bond donors (Lipinski definition) is 0. The van der Waals surface area contributed by atoms with Crippen molar-refractivity contribution in [2.75, 3.05) is 7.11 Å². The van der Waals surface area contributed by atoms with Crippen LogP contribution in [0.3, 0.4) is 0 Å². The van der Waals surface area contributed by atoms with Crippen molar-refractivity contribution in [2.24, 2.45) is 0 Å². The lowest BCUT2D eigenvalue weighted by atomic mass is 10.0. The molecule has 8 rings (SSSR count). The van der Waals surface area contributed by atoms with Gasteiger partial charge in [0.2, 0.25) is 5.88 Å². The number of nitrogens with zero attached hydrogens (tertiary/aromatic N) is 2. The predicted molar refractivity (Wildman–Crippen MR) is 217 cm³/mol. The van der Waals surface area contributed by atoms with Gasteiger partial charge in [-0.1, -0.05) is 29.3 Å². The van der Waals surface area contributed by atoms with Gasteiger partial charge in [-0.05, 0) is 118 Å². The maximum absolute atomic E-state index is 6.28. The van der Waals surface area contributed by atoms with Crippen LogP contribution in [-0.2, 0) is 12.8 Å². The molecule has 6 heterocycles. The summed E-state index contributed by atoms with van der Waals surface area (Å²) in [6, 6.07) is 28.4. The SMILES string of the molecule is C=C(C)CCc1oc2cc(-c3cccnc3)ccc2c1-c1ccc(C)o1.C=C(C)CCc1oc2cc(-c3ccnc(OC)c3)ccc2c1-c1ccc(C)o1. The molecule has 0 amide bonds. The number of aryl methyl sites for hydroxylation is 4. The zero-order valence-corrected chi connectivity index (χ0v) is 31.5. The topological polar surface area (TPSA) is 87.6 Å². The Morgan fingerprint density at radius 1 is 0.611 bits per heavy atom. The highest BCUT2D eigenvalue weighted by Gasteiger charge is 2.21. The molecule has 0 bridgehead atoms. The summed E-state index contributed by atoms with van der Waals surface area (Å²) in [5.41, 5.74) is 10.3. The fraction of sp³-hybridized carbons (Fsp3) is 0.191. The molecule has 7 nitrogen and oxygen atoms in total. The number of rotatable bonds is 11. The van der Waals surface area contributed by atoms with Gasteiger partial charge in [-0.2, -0.15) is 0 Å². The number of fused-ring (bicyclic) bond motifs is 2. The van der Waals surface area contributed by atoms with Gasteiger partial charge in [0.05, 0.1) is 18.2 Å². The molecule has 54 heavy (non-hydrogen) atoms. The zero-order valence-electron chi connectivity index (χ0n) is 31.5. The fourth-order valence-corrected chi connectivity index (χ4v) is 6.57. The maximum atomic E-state index is 6.28. The number of hydrogen-bond acceptors (Lipinski definition) is 7. The number of allylic oxidation sites excluding steroid dienone is 2. The van der Waals surface area contributed by atoms with E-state index in [1.165, 1.54) is 0 Å². The third-order valence-electron chi connectivity index (χ3n) is 9.33. The normalized spacial score (nSPS) is 11.1. The highest BCUT2D eigenvalue weighted by Crippen LogP contribution is 2.40. The number of furan rings is 4. The first-order valence-electron chi connectivity index (χ1n) is 18.1. The molecule has 0 aliphatic rings. The van der Waals surface area contributed by atoms with Crippen LogP contribution in [0, 0.1) is 13.8 Å². The monoisotopic (exact) mass is 716 g/mol. The van der Waals surface area contributed by atoms with E-state index in [1.54, 1.807) is 19.5 Å². The highest BCUT2D eigenvalue weighted by atomic mass is 16.5. The first-order valence-corrected chi connectivity index (χ1v) is 18.1. The molecular formula is C47H44N2O5. The lowest BCUT2D eigenvalue weighted by molar-refractivity contribution is 0.398. The number of ether oxygens (including phenoxy) is 1. The van der Waals surface area contributed by atoms with Crippen molar-refractivity contribution in [3.8, 4) is 50.8 Å². The van der Waals surface area contributed by atoms with E-state index in [0.717, 1.165) is 127 Å². The van der Waals surface area contributed by atoms with Gasteiger partial charge in [0.15, 0.2) is 0 Å². The zero-order chi connectivity index (χ0) is 37.8. The molecule has 0 N–H and O–H groups in total. The minimum Gasteiger partial charge on any atom is -0.481 e. The Morgan fingerprint density at radius 3 is 1.61 bits per heavy atom. The van der Waals surface area contributed by atoms with Crippen molar-refractivity contribution in [1.29, 1.82) is 0 Å². The van der Waals surface area contributed by atoms with Crippen molar-refractivity contribution in [2.45, 2.75) is 53.4 Å². The van der Waals surface area contributed by atoms with Crippen LogP contribution >= 0.6 is 0 Å². The van der Waals surface area contributed by atoms with Gasteiger partial charge in [-0.25, -0.2) is 4.98 Å². The van der Waals surface area contributed by atoms with Gasteiger partial charge in [0.1, 0.15) is 45.7 Å². The first kappa shape index (κ1) is 36.0. The van der Waals surface area contributed by atoms with Crippen molar-refractivity contribution >= 4 is 21.9 Å². The van der Waals surface area contributed by atoms with Crippen LogP contribution in [-0.4, -0.2) is 17.1 Å². The van der Waals surface area contributed by atoms with Gasteiger partial charge in [0.25, 0.3) is 0 Å². The Kier molecular flexibility index (Phi) is 10.5. The van der Waals surface area contributed by atoms with E-state index >= 15 is 0 Å². The van der Waals surface area contributed by atoms with E-state index in [1.807, 2.05) is 76.4 Å². The minimum atomic E-state index is 0.589. The van der Waals surface area contributed by atoms with Crippen molar-refractivity contribution in [3.63, 3.8) is 0 Å². The van der Waals surface area contributed by atoms with Crippen LogP contribution in [0.1, 0.15) is 49.7 Å². The summed E-state index contributed by atoms with van der Waals surface area (Å²) in [5, 5.41) is 2.12. The molecular weight excluding hydrogens is 673 g/mol. The third kappa shape index (κ3) is 7.86. The maximum Gasteiger partial charge on any atom is 0.213 e. The second-order valence-electron chi connectivity index (χ2n) is 13.8. The second-order valence-corrected chi connectivity index (χ2v) is 13.8. The van der Waals surface area contributed by atoms with Gasteiger partial charge in [-0.15, -0.1) is 13.2 Å². The lowest BCUT2D eigenvalue weighted by Gasteiger charge is -2.04. The Bertz CT molecular complexity index is 2580. The molecule has 0 aliphatic carbocycles. The van der Waals surface area contributed by atoms with E-state index < -0.39 is 0 Å². The molecule has 2 aromatic carbocycles. The smallest absolute Gasteiger partial charge is 0.213 e. The molecule has 0 unspecified atom stereocenters. The summed E-state index contributed by atoms with van der Waals surface area (Å²) in [4.78, 5) is 8.39. The molecule has 0 saturated heterocycles. The molecule has 0 saturated carbocycles. The lowest BCUT2D eigenvalue weighted by Crippen LogP contribution is -1.87. The van der Waals surface area contributed by atoms with E-state index in [-0.39, 0.29) is 0 Å². The quantitative estimate of drug-likeness (QED) is 0.123. The fourth-order valence-electron chi connectivity index (χ4n) is 6.57. The molecule has 272 valence electrons. The molecule has 0 atom stereocenters. The van der Waals surface area contributed by atoms with E-state index in [9.17, 15) is 0 Å². The number of pyridine rings is 2. The Labute approximate surface area is 315 Å². The molecule has 7 heteroatoms. The van der Waals surface area contributed by atoms with E-state index in [2.05, 4.69) is 65.6 Å². The third-order valence-corrected chi connectivity index (χ3v) is 9.33. The summed E-state index contributed by atoms with van der Waals surface area (Å²) < 4.78 is 29.6. The Hall–Kier alpha value is -6.34. The van der Waals surface area contributed by atoms with Crippen LogP contribution in [0.15, 0.2) is 145 Å². The average molecular weight is 717 g/mol. The molecule has 0 aliphatic heterocycles. The van der Waals surface area contributed by atoms with Crippen LogP contribution in [0.25, 0.3) is 66.8 Å². The summed E-state index contributed by atoms with van der Waals surface area (Å²) in [5.74, 6) is 5.93. The van der Waals surface area contributed by atoms with Gasteiger partial charge < -0.3 is 22.4 Å². The second kappa shape index (κ2) is 15.7. The van der Waals surface area contributed by atoms with Crippen LogP contribution in [0.5, 0.6) is 5.88 Å². The summed E-state index contributed by atoms with van der Waals surface area (Å²) in [6.07, 6.45) is 8.75. The minimum absolute atomic E-state index is 0.589. The van der Waals surface area contributed by atoms with Gasteiger partial charge in [-0.3, -0.25) is 4.98 Å². The average Bonchev–Trinajstić information content (AvgIpc) is 3.97. The molecule has 0 radical (unpaired) electrons. The largest absolute Gasteiger partial charge is 0.481 e. The van der Waals surface area contributed by atoms with Crippen LogP contribution in [0.4, 0.5) is 0 Å². The summed E-state index contributed by atoms with van der Waals surface area (Å²) in [6.45, 7) is 16.0. The van der Waals surface area contributed by atoms with Crippen molar-refractivity contribution < 1.29 is 22.4 Å². The number of aromatic nitrogens is 2. The van der Waals surface area contributed by atoms with Crippen LogP contribution < -0.4 is 4.74 Å². The van der Waals surface area contributed by atoms with Crippen LogP contribution in [0.2, 0.25) is 0 Å². The number of methoxy groups -OCH3 is 1. The van der Waals surface area contributed by atoms with Gasteiger partial charge in [0, 0.05) is 53.8 Å². The molecule has 8 aromatic rings. The van der Waals surface area contributed by atoms with Crippen molar-refractivity contribution in [1.82, 2.24) is 9.97 Å². The molecule has 6 aromatic heterocycles.